The second kappa shape index (κ2) is 24.3. The number of hydrogen-bond donors (Lipinski definition) is 9. The second-order valence-corrected chi connectivity index (χ2v) is 16.2. The number of likely N-dealkylation sites (N-methyl/N-ethyl adjacent to an activating group) is 4. The van der Waals surface area contributed by atoms with Gasteiger partial charge in [-0.1, -0.05) is 0 Å². The standard InChI is InChI=1S/C43H66N6O15/c1-23-34(40(61)44(7)11-30(57)17-50)25(3)38(26(4)35(23)41(62)45(8)12-31(58)18-51)48(21-54)15-29(56)16-49(22-55)39-27(5)36(42(63)46(9)13-32(59)19-52)24(2)37(28(39)6)43(64)47(10)14-33(60)20-53/h21-22,29-33,50-53,56-60H,11-20H2,1-10H3. The number of benzene rings is 2. The Labute approximate surface area is 372 Å². The van der Waals surface area contributed by atoms with Gasteiger partial charge < -0.3 is 75.4 Å². The van der Waals surface area contributed by atoms with Crippen LogP contribution in [-0.4, -0.2) is 226 Å². The van der Waals surface area contributed by atoms with Crippen LogP contribution in [0.1, 0.15) is 74.8 Å². The zero-order valence-electron chi connectivity index (χ0n) is 38.3. The number of aliphatic hydroxyl groups is 9. The van der Waals surface area contributed by atoms with Crippen LogP contribution < -0.4 is 9.80 Å². The van der Waals surface area contributed by atoms with E-state index in [2.05, 4.69) is 0 Å². The molecule has 9 N–H and O–H groups in total. The molecule has 2 rings (SSSR count). The summed E-state index contributed by atoms with van der Waals surface area (Å²) in [5, 5.41) is 89.9. The minimum Gasteiger partial charge on any atom is -0.394 e. The first-order chi connectivity index (χ1) is 29.9. The summed E-state index contributed by atoms with van der Waals surface area (Å²) in [6, 6.07) is 0. The molecule has 2 aromatic rings. The molecule has 0 saturated carbocycles. The molecule has 0 fully saturated rings. The fraction of sp³-hybridized carbons (Fsp3) is 0.581. The van der Waals surface area contributed by atoms with Crippen LogP contribution in [0.4, 0.5) is 11.4 Å². The Balaban J connectivity index is 2.87. The average molecular weight is 907 g/mol. The van der Waals surface area contributed by atoms with E-state index in [1.165, 1.54) is 69.7 Å². The minimum atomic E-state index is -1.60. The van der Waals surface area contributed by atoms with Crippen LogP contribution in [0.25, 0.3) is 0 Å². The summed E-state index contributed by atoms with van der Waals surface area (Å²) >= 11 is 0. The SMILES string of the molecule is Cc1c(C(=O)N(C)CC(O)CO)c(C)c(N(C=O)CC(O)CN(C=O)c2c(C)c(C(=O)N(C)CC(O)CO)c(C)c(C(=O)N(C)CC(O)CO)c2C)c(C)c1C(=O)N(C)CC(O)CO. The van der Waals surface area contributed by atoms with Crippen molar-refractivity contribution in [2.45, 2.75) is 72.1 Å². The van der Waals surface area contributed by atoms with Crippen molar-refractivity contribution >= 4 is 47.8 Å². The van der Waals surface area contributed by atoms with Crippen LogP contribution in [0, 0.1) is 41.5 Å². The number of anilines is 2. The van der Waals surface area contributed by atoms with Crippen molar-refractivity contribution in [2.24, 2.45) is 0 Å². The summed E-state index contributed by atoms with van der Waals surface area (Å²) in [6.45, 7) is 4.11. The van der Waals surface area contributed by atoms with Crippen molar-refractivity contribution in [3.05, 3.63) is 55.6 Å². The van der Waals surface area contributed by atoms with E-state index in [-0.39, 0.29) is 93.2 Å². The van der Waals surface area contributed by atoms with Crippen molar-refractivity contribution in [3.8, 4) is 0 Å². The first-order valence-corrected chi connectivity index (χ1v) is 20.5. The van der Waals surface area contributed by atoms with Gasteiger partial charge in [0.2, 0.25) is 12.8 Å². The van der Waals surface area contributed by atoms with Crippen LogP contribution >= 0.6 is 0 Å². The second-order valence-electron chi connectivity index (χ2n) is 16.2. The first-order valence-electron chi connectivity index (χ1n) is 20.5. The topological polar surface area (TPSA) is 304 Å². The normalized spacial score (nSPS) is 13.6. The predicted molar refractivity (Wildman–Crippen MR) is 234 cm³/mol. The lowest BCUT2D eigenvalue weighted by atomic mass is 9.88. The zero-order valence-corrected chi connectivity index (χ0v) is 38.3. The van der Waals surface area contributed by atoms with Gasteiger partial charge in [0, 0.05) is 76.6 Å². The molecule has 0 bridgehead atoms. The Morgan fingerprint density at radius 2 is 0.594 bits per heavy atom. The molecular formula is C43H66N6O15. The molecular weight excluding hydrogens is 840 g/mol. The number of hydrogen-bond acceptors (Lipinski definition) is 15. The first kappa shape index (κ1) is 55.0. The van der Waals surface area contributed by atoms with Crippen LogP contribution in [-0.2, 0) is 9.59 Å². The van der Waals surface area contributed by atoms with Gasteiger partial charge in [0.1, 0.15) is 0 Å². The van der Waals surface area contributed by atoms with E-state index in [1.54, 1.807) is 0 Å². The molecule has 0 heterocycles. The van der Waals surface area contributed by atoms with Gasteiger partial charge in [-0.2, -0.15) is 0 Å². The van der Waals surface area contributed by atoms with Crippen molar-refractivity contribution in [2.75, 3.05) is 104 Å². The highest BCUT2D eigenvalue weighted by Crippen LogP contribution is 2.37. The lowest BCUT2D eigenvalue weighted by Gasteiger charge is -2.33. The van der Waals surface area contributed by atoms with Crippen molar-refractivity contribution in [1.82, 2.24) is 19.6 Å². The van der Waals surface area contributed by atoms with Crippen molar-refractivity contribution in [1.29, 1.82) is 0 Å². The van der Waals surface area contributed by atoms with Crippen LogP contribution in [0.5, 0.6) is 0 Å². The third-order valence-electron chi connectivity index (χ3n) is 11.1. The van der Waals surface area contributed by atoms with E-state index >= 15 is 0 Å². The molecule has 21 heteroatoms. The molecule has 0 spiro atoms. The van der Waals surface area contributed by atoms with Crippen LogP contribution in [0.3, 0.4) is 0 Å². The van der Waals surface area contributed by atoms with Gasteiger partial charge in [-0.15, -0.1) is 0 Å². The van der Waals surface area contributed by atoms with Gasteiger partial charge in [-0.3, -0.25) is 28.8 Å². The molecule has 0 saturated heterocycles. The maximum atomic E-state index is 14.0. The van der Waals surface area contributed by atoms with Gasteiger partial charge in [0.05, 0.1) is 81.4 Å². The molecule has 0 aliphatic carbocycles. The largest absolute Gasteiger partial charge is 0.394 e. The van der Waals surface area contributed by atoms with E-state index in [4.69, 9.17) is 0 Å². The van der Waals surface area contributed by atoms with Gasteiger partial charge in [-0.05, 0) is 74.9 Å². The Kier molecular flexibility index (Phi) is 20.9. The van der Waals surface area contributed by atoms with Gasteiger partial charge in [0.15, 0.2) is 0 Å². The van der Waals surface area contributed by atoms with Gasteiger partial charge in [-0.25, -0.2) is 0 Å². The maximum Gasteiger partial charge on any atom is 0.254 e. The highest BCUT2D eigenvalue weighted by Gasteiger charge is 2.34. The summed E-state index contributed by atoms with van der Waals surface area (Å²) in [5.74, 6) is -2.77. The van der Waals surface area contributed by atoms with Gasteiger partial charge >= 0.3 is 0 Å². The van der Waals surface area contributed by atoms with E-state index < -0.39 is 93.7 Å². The van der Waals surface area contributed by atoms with E-state index in [9.17, 15) is 74.7 Å². The highest BCUT2D eigenvalue weighted by atomic mass is 16.3. The van der Waals surface area contributed by atoms with Crippen LogP contribution in [0.2, 0.25) is 0 Å². The molecule has 0 aliphatic heterocycles. The average Bonchev–Trinajstić information content (AvgIpc) is 3.24. The smallest absolute Gasteiger partial charge is 0.254 e. The summed E-state index contributed by atoms with van der Waals surface area (Å²) < 4.78 is 0. The van der Waals surface area contributed by atoms with E-state index in [1.807, 2.05) is 0 Å². The highest BCUT2D eigenvalue weighted by molar-refractivity contribution is 6.08. The fourth-order valence-electron chi connectivity index (χ4n) is 8.03. The summed E-state index contributed by atoms with van der Waals surface area (Å²) in [4.78, 5) is 88.8. The quantitative estimate of drug-likeness (QED) is 0.0482. The monoisotopic (exact) mass is 906 g/mol. The third-order valence-corrected chi connectivity index (χ3v) is 11.1. The molecule has 0 aliphatic rings. The molecule has 64 heavy (non-hydrogen) atoms. The molecule has 0 aromatic heterocycles. The van der Waals surface area contributed by atoms with E-state index in [0.717, 1.165) is 29.4 Å². The molecule has 0 radical (unpaired) electrons. The summed E-state index contributed by atoms with van der Waals surface area (Å²) in [5.41, 5.74) is 0.989. The number of amides is 6. The van der Waals surface area contributed by atoms with Gasteiger partial charge in [0.25, 0.3) is 23.6 Å². The Morgan fingerprint density at radius 3 is 0.766 bits per heavy atom. The minimum absolute atomic E-state index is 0.0286. The Bertz CT molecular complexity index is 1760. The molecule has 2 aromatic carbocycles. The van der Waals surface area contributed by atoms with Crippen molar-refractivity contribution < 1.29 is 74.7 Å². The lowest BCUT2D eigenvalue weighted by Crippen LogP contribution is -2.42. The molecule has 358 valence electrons. The number of rotatable bonds is 24. The predicted octanol–water partition coefficient (Wildman–Crippen LogP) is -2.78. The Morgan fingerprint density at radius 1 is 0.391 bits per heavy atom. The number of nitrogens with zero attached hydrogens (tertiary/aromatic N) is 6. The molecule has 6 amide bonds. The number of aliphatic hydroxyl groups excluding tert-OH is 9. The summed E-state index contributed by atoms with van der Waals surface area (Å²) in [7, 11) is 5.44. The van der Waals surface area contributed by atoms with E-state index in [0.29, 0.717) is 12.8 Å². The molecule has 4 atom stereocenters. The summed E-state index contributed by atoms with van der Waals surface area (Å²) in [6.07, 6.45) is -6.12. The van der Waals surface area contributed by atoms with Crippen molar-refractivity contribution in [3.63, 3.8) is 0 Å². The molecule has 4 unspecified atom stereocenters. The zero-order chi connectivity index (χ0) is 49.1. The fourth-order valence-corrected chi connectivity index (χ4v) is 8.03. The maximum absolute atomic E-state index is 14.0. The van der Waals surface area contributed by atoms with Crippen LogP contribution in [0.15, 0.2) is 0 Å². The number of carbonyl (C=O) groups excluding carboxylic acids is 6. The lowest BCUT2D eigenvalue weighted by molar-refractivity contribution is -0.108. The third kappa shape index (κ3) is 12.6. The Hall–Kier alpha value is -5.10. The number of carbonyl (C=O) groups is 6. The molecule has 21 nitrogen and oxygen atoms in total.